The van der Waals surface area contributed by atoms with Crippen molar-refractivity contribution < 1.29 is 5.11 Å². The number of hydrogen-bond acceptors (Lipinski definition) is 2. The van der Waals surface area contributed by atoms with Crippen molar-refractivity contribution in [2.75, 3.05) is 6.54 Å². The van der Waals surface area contributed by atoms with Crippen LogP contribution in [-0.4, -0.2) is 22.3 Å². The van der Waals surface area contributed by atoms with Crippen molar-refractivity contribution in [1.29, 1.82) is 0 Å². The summed E-state index contributed by atoms with van der Waals surface area (Å²) in [5.41, 5.74) is 5.19. The van der Waals surface area contributed by atoms with Crippen LogP contribution < -0.4 is 5.32 Å². The number of aromatic nitrogens is 1. The number of rotatable bonds is 6. The molecule has 3 rings (SSSR count). The van der Waals surface area contributed by atoms with Crippen LogP contribution in [-0.2, 0) is 13.1 Å². The van der Waals surface area contributed by atoms with Crippen molar-refractivity contribution in [3.63, 3.8) is 0 Å². The minimum Gasteiger partial charge on any atom is -0.392 e. The standard InChI is InChI=1S/C20H24N2O/c1-15-7-3-4-8-17(15)13-22-14-18(12-21-11-16(2)23)19-9-5-6-10-20(19)22/h3-10,14,16,21,23H,11-13H2,1-2H3/t16-/m0/s1. The fraction of sp³-hybridized carbons (Fsp3) is 0.300. The summed E-state index contributed by atoms with van der Waals surface area (Å²) in [6.45, 7) is 6.22. The molecular weight excluding hydrogens is 284 g/mol. The van der Waals surface area contributed by atoms with Gasteiger partial charge in [-0.05, 0) is 36.6 Å². The second-order valence-corrected chi connectivity index (χ2v) is 6.21. The molecule has 0 amide bonds. The van der Waals surface area contributed by atoms with Crippen LogP contribution in [0.4, 0.5) is 0 Å². The molecule has 0 aliphatic heterocycles. The highest BCUT2D eigenvalue weighted by molar-refractivity contribution is 5.84. The van der Waals surface area contributed by atoms with Gasteiger partial charge in [0.15, 0.2) is 0 Å². The Labute approximate surface area is 137 Å². The quantitative estimate of drug-likeness (QED) is 0.731. The SMILES string of the molecule is Cc1ccccc1Cn1cc(CNC[C@H](C)O)c2ccccc21. The number of aliphatic hydroxyl groups is 1. The topological polar surface area (TPSA) is 37.2 Å². The molecule has 120 valence electrons. The summed E-state index contributed by atoms with van der Waals surface area (Å²) in [7, 11) is 0. The minimum absolute atomic E-state index is 0.324. The molecule has 0 unspecified atom stereocenters. The van der Waals surface area contributed by atoms with Gasteiger partial charge in [0.2, 0.25) is 0 Å². The molecule has 0 spiro atoms. The zero-order valence-corrected chi connectivity index (χ0v) is 13.8. The van der Waals surface area contributed by atoms with Crippen LogP contribution >= 0.6 is 0 Å². The monoisotopic (exact) mass is 308 g/mol. The molecule has 2 aromatic carbocycles. The Kier molecular flexibility index (Phi) is 4.79. The first-order valence-corrected chi connectivity index (χ1v) is 8.15. The fourth-order valence-electron chi connectivity index (χ4n) is 2.98. The lowest BCUT2D eigenvalue weighted by molar-refractivity contribution is 0.191. The van der Waals surface area contributed by atoms with E-state index in [0.29, 0.717) is 6.54 Å². The van der Waals surface area contributed by atoms with E-state index < -0.39 is 0 Å². The molecule has 0 aliphatic rings. The molecule has 2 N–H and O–H groups in total. The maximum absolute atomic E-state index is 9.41. The largest absolute Gasteiger partial charge is 0.392 e. The summed E-state index contributed by atoms with van der Waals surface area (Å²) in [5, 5.41) is 14.0. The molecular formula is C20H24N2O. The van der Waals surface area contributed by atoms with Crippen molar-refractivity contribution in [3.8, 4) is 0 Å². The zero-order valence-electron chi connectivity index (χ0n) is 13.8. The van der Waals surface area contributed by atoms with Gasteiger partial charge in [0.05, 0.1) is 6.10 Å². The lowest BCUT2D eigenvalue weighted by Gasteiger charge is -2.08. The number of aliphatic hydroxyl groups excluding tert-OH is 1. The molecule has 0 saturated heterocycles. The van der Waals surface area contributed by atoms with Gasteiger partial charge in [-0.15, -0.1) is 0 Å². The molecule has 1 heterocycles. The van der Waals surface area contributed by atoms with Gasteiger partial charge in [0.1, 0.15) is 0 Å². The number of nitrogens with zero attached hydrogens (tertiary/aromatic N) is 1. The first-order chi connectivity index (χ1) is 11.1. The summed E-state index contributed by atoms with van der Waals surface area (Å²) < 4.78 is 2.32. The van der Waals surface area contributed by atoms with Crippen LogP contribution in [0.3, 0.4) is 0 Å². The van der Waals surface area contributed by atoms with Crippen LogP contribution in [0, 0.1) is 6.92 Å². The second-order valence-electron chi connectivity index (χ2n) is 6.21. The number of aryl methyl sites for hydroxylation is 1. The Bertz CT molecular complexity index is 789. The molecule has 23 heavy (non-hydrogen) atoms. The summed E-state index contributed by atoms with van der Waals surface area (Å²) in [5.74, 6) is 0. The van der Waals surface area contributed by atoms with Crippen LogP contribution in [0.1, 0.15) is 23.6 Å². The van der Waals surface area contributed by atoms with E-state index >= 15 is 0 Å². The van der Waals surface area contributed by atoms with E-state index in [2.05, 4.69) is 71.5 Å². The molecule has 0 fully saturated rings. The second kappa shape index (κ2) is 6.99. The highest BCUT2D eigenvalue weighted by Crippen LogP contribution is 2.23. The van der Waals surface area contributed by atoms with Crippen molar-refractivity contribution in [2.24, 2.45) is 0 Å². The van der Waals surface area contributed by atoms with Crippen molar-refractivity contribution in [3.05, 3.63) is 71.4 Å². The van der Waals surface area contributed by atoms with Crippen LogP contribution in [0.5, 0.6) is 0 Å². The van der Waals surface area contributed by atoms with E-state index in [9.17, 15) is 5.11 Å². The third-order valence-electron chi connectivity index (χ3n) is 4.23. The van der Waals surface area contributed by atoms with Gasteiger partial charge in [0, 0.05) is 36.7 Å². The normalized spacial score (nSPS) is 12.7. The molecule has 1 aromatic heterocycles. The molecule has 1 atom stereocenters. The van der Waals surface area contributed by atoms with Crippen molar-refractivity contribution in [2.45, 2.75) is 33.0 Å². The summed E-state index contributed by atoms with van der Waals surface area (Å²) in [6.07, 6.45) is 1.90. The number of hydrogen-bond donors (Lipinski definition) is 2. The maximum Gasteiger partial charge on any atom is 0.0636 e. The van der Waals surface area contributed by atoms with Crippen LogP contribution in [0.2, 0.25) is 0 Å². The smallest absolute Gasteiger partial charge is 0.0636 e. The third-order valence-corrected chi connectivity index (χ3v) is 4.23. The molecule has 0 bridgehead atoms. The van der Waals surface area contributed by atoms with Crippen molar-refractivity contribution >= 4 is 10.9 Å². The van der Waals surface area contributed by atoms with Gasteiger partial charge in [0.25, 0.3) is 0 Å². The predicted molar refractivity (Wildman–Crippen MR) is 95.6 cm³/mol. The predicted octanol–water partition coefficient (Wildman–Crippen LogP) is 3.47. The van der Waals surface area contributed by atoms with Gasteiger partial charge >= 0.3 is 0 Å². The number of para-hydroxylation sites is 1. The number of nitrogens with one attached hydrogen (secondary N) is 1. The Morgan fingerprint density at radius 3 is 2.57 bits per heavy atom. The fourth-order valence-corrected chi connectivity index (χ4v) is 2.98. The molecule has 0 radical (unpaired) electrons. The summed E-state index contributed by atoms with van der Waals surface area (Å²) >= 11 is 0. The van der Waals surface area contributed by atoms with Gasteiger partial charge in [-0.1, -0.05) is 42.5 Å². The summed E-state index contributed by atoms with van der Waals surface area (Å²) in [4.78, 5) is 0. The van der Waals surface area contributed by atoms with Gasteiger partial charge in [-0.3, -0.25) is 0 Å². The lowest BCUT2D eigenvalue weighted by atomic mass is 10.1. The van der Waals surface area contributed by atoms with E-state index in [4.69, 9.17) is 0 Å². The van der Waals surface area contributed by atoms with E-state index in [-0.39, 0.29) is 6.10 Å². The van der Waals surface area contributed by atoms with Gasteiger partial charge < -0.3 is 15.0 Å². The zero-order chi connectivity index (χ0) is 16.2. The molecule has 3 aromatic rings. The van der Waals surface area contributed by atoms with Crippen LogP contribution in [0.25, 0.3) is 10.9 Å². The minimum atomic E-state index is -0.324. The molecule has 0 aliphatic carbocycles. The lowest BCUT2D eigenvalue weighted by Crippen LogP contribution is -2.23. The average molecular weight is 308 g/mol. The highest BCUT2D eigenvalue weighted by Gasteiger charge is 2.09. The average Bonchev–Trinajstić information content (AvgIpc) is 2.88. The highest BCUT2D eigenvalue weighted by atomic mass is 16.3. The Balaban J connectivity index is 1.90. The van der Waals surface area contributed by atoms with Gasteiger partial charge in [-0.25, -0.2) is 0 Å². The maximum atomic E-state index is 9.41. The number of fused-ring (bicyclic) bond motifs is 1. The number of benzene rings is 2. The Morgan fingerprint density at radius 1 is 1.04 bits per heavy atom. The van der Waals surface area contributed by atoms with Crippen LogP contribution in [0.15, 0.2) is 54.7 Å². The first-order valence-electron chi connectivity index (χ1n) is 8.15. The Morgan fingerprint density at radius 2 is 1.78 bits per heavy atom. The van der Waals surface area contributed by atoms with Gasteiger partial charge in [-0.2, -0.15) is 0 Å². The Hall–Kier alpha value is -2.10. The van der Waals surface area contributed by atoms with E-state index in [0.717, 1.165) is 13.1 Å². The molecule has 0 saturated carbocycles. The van der Waals surface area contributed by atoms with E-state index in [1.54, 1.807) is 6.92 Å². The molecule has 3 nitrogen and oxygen atoms in total. The van der Waals surface area contributed by atoms with E-state index in [1.165, 1.54) is 27.6 Å². The first kappa shape index (κ1) is 15.8. The third kappa shape index (κ3) is 3.63. The molecule has 3 heteroatoms. The van der Waals surface area contributed by atoms with E-state index in [1.807, 2.05) is 0 Å². The van der Waals surface area contributed by atoms with Crippen molar-refractivity contribution in [1.82, 2.24) is 9.88 Å². The summed E-state index contributed by atoms with van der Waals surface area (Å²) in [6, 6.07) is 17.0.